The molecule has 0 amide bonds. The summed E-state index contributed by atoms with van der Waals surface area (Å²) in [5, 5.41) is 9.30. The van der Waals surface area contributed by atoms with Crippen LogP contribution in [-0.2, 0) is 0 Å². The molecule has 4 heteroatoms. The van der Waals surface area contributed by atoms with Crippen LogP contribution in [-0.4, -0.2) is 0 Å². The minimum Gasteiger partial charge on any atom is -0.456 e. The average Bonchev–Trinajstić information content (AvgIpc) is 3.87. The lowest BCUT2D eigenvalue weighted by Crippen LogP contribution is -2.10. The summed E-state index contributed by atoms with van der Waals surface area (Å²) in [5.74, 6) is 0. The summed E-state index contributed by atoms with van der Waals surface area (Å²) in [6.45, 7) is 0. The maximum Gasteiger partial charge on any atom is 0.143 e. The third-order valence-corrected chi connectivity index (χ3v) is 11.2. The number of thiophene rings is 1. The van der Waals surface area contributed by atoms with E-state index in [0.29, 0.717) is 0 Å². The summed E-state index contributed by atoms with van der Waals surface area (Å²) in [4.78, 5) is 2.34. The number of hydrogen-bond donors (Lipinski definition) is 0. The summed E-state index contributed by atoms with van der Waals surface area (Å²) in [5.41, 5.74) is 9.06. The van der Waals surface area contributed by atoms with Crippen LogP contribution in [0.1, 0.15) is 0 Å². The largest absolute Gasteiger partial charge is 0.456 e. The lowest BCUT2D eigenvalue weighted by Gasteiger charge is -2.26. The van der Waals surface area contributed by atoms with Crippen LogP contribution in [0.25, 0.3) is 85.9 Å². The van der Waals surface area contributed by atoms with E-state index in [-0.39, 0.29) is 0 Å². The van der Waals surface area contributed by atoms with E-state index < -0.39 is 0 Å². The van der Waals surface area contributed by atoms with Gasteiger partial charge >= 0.3 is 0 Å². The van der Waals surface area contributed by atoms with Crippen LogP contribution < -0.4 is 4.90 Å². The van der Waals surface area contributed by atoms with E-state index in [1.54, 1.807) is 0 Å². The van der Waals surface area contributed by atoms with Crippen LogP contribution in [0.2, 0.25) is 0 Å². The molecule has 0 fully saturated rings. The molecule has 3 nitrogen and oxygen atoms in total. The standard InChI is InChI=1S/C46H27NO2S/c1-2-10-33-28(9-1)21-25-37-45-38(14-8-16-40(45)49-46(33)37)47(31-24-26-35-34-11-3-5-15-39(34)48-41(35)27-31)30-22-19-29(20-23-30)32-13-7-18-43-44(32)36-12-4-6-17-42(36)50-43/h1-27H. The highest BCUT2D eigenvalue weighted by Gasteiger charge is 2.22. The molecular weight excluding hydrogens is 631 g/mol. The van der Waals surface area contributed by atoms with Gasteiger partial charge in [-0.15, -0.1) is 11.3 Å². The first kappa shape index (κ1) is 27.6. The smallest absolute Gasteiger partial charge is 0.143 e. The second-order valence-corrected chi connectivity index (χ2v) is 13.9. The third-order valence-electron chi connectivity index (χ3n) is 10.1. The number of anilines is 3. The molecule has 0 N–H and O–H groups in total. The van der Waals surface area contributed by atoms with Crippen molar-refractivity contribution in [2.45, 2.75) is 0 Å². The summed E-state index contributed by atoms with van der Waals surface area (Å²) in [6, 6.07) is 58.3. The van der Waals surface area contributed by atoms with Gasteiger partial charge in [0.05, 0.1) is 11.1 Å². The molecule has 0 unspecified atom stereocenters. The van der Waals surface area contributed by atoms with E-state index in [0.717, 1.165) is 71.7 Å². The normalized spacial score (nSPS) is 12.0. The fourth-order valence-corrected chi connectivity index (χ4v) is 8.94. The number of rotatable bonds is 4. The minimum atomic E-state index is 0.858. The molecule has 0 saturated heterocycles. The van der Waals surface area contributed by atoms with E-state index in [4.69, 9.17) is 8.83 Å². The molecule has 11 aromatic rings. The van der Waals surface area contributed by atoms with Crippen molar-refractivity contribution in [1.82, 2.24) is 0 Å². The van der Waals surface area contributed by atoms with Gasteiger partial charge in [-0.2, -0.15) is 0 Å². The van der Waals surface area contributed by atoms with Crippen LogP contribution in [0, 0.1) is 0 Å². The van der Waals surface area contributed by atoms with Crippen molar-refractivity contribution in [3.63, 3.8) is 0 Å². The Kier molecular flexibility index (Phi) is 5.83. The fraction of sp³-hybridized carbons (Fsp3) is 0. The first-order valence-corrected chi connectivity index (χ1v) is 17.7. The third kappa shape index (κ3) is 4.03. The SMILES string of the molecule is c1ccc2c(c1)ccc1c2oc2cccc(N(c3ccc(-c4cccc5sc6ccccc6c45)cc3)c3ccc4c(c3)oc3ccccc34)c21. The monoisotopic (exact) mass is 657 g/mol. The summed E-state index contributed by atoms with van der Waals surface area (Å²) >= 11 is 1.85. The van der Waals surface area contributed by atoms with Gasteiger partial charge in [-0.1, -0.05) is 97.1 Å². The van der Waals surface area contributed by atoms with Crippen molar-refractivity contribution >= 4 is 103 Å². The quantitative estimate of drug-likeness (QED) is 0.189. The molecule has 3 heterocycles. The van der Waals surface area contributed by atoms with Gasteiger partial charge in [-0.25, -0.2) is 0 Å². The molecule has 8 aromatic carbocycles. The molecule has 50 heavy (non-hydrogen) atoms. The Hall–Kier alpha value is -6.36. The molecule has 0 radical (unpaired) electrons. The molecule has 3 aromatic heterocycles. The van der Waals surface area contributed by atoms with E-state index in [2.05, 4.69) is 157 Å². The molecule has 0 bridgehead atoms. The van der Waals surface area contributed by atoms with E-state index in [1.807, 2.05) is 23.5 Å². The Labute approximate surface area is 290 Å². The molecular formula is C46H27NO2S. The molecule has 0 saturated carbocycles. The molecule has 0 aliphatic rings. The van der Waals surface area contributed by atoms with Gasteiger partial charge in [-0.05, 0) is 77.2 Å². The van der Waals surface area contributed by atoms with Crippen molar-refractivity contribution in [2.75, 3.05) is 4.90 Å². The topological polar surface area (TPSA) is 29.5 Å². The Morgan fingerprint density at radius 2 is 1.12 bits per heavy atom. The summed E-state index contributed by atoms with van der Waals surface area (Å²) in [7, 11) is 0. The predicted octanol–water partition coefficient (Wildman–Crippen LogP) is 14.1. The Morgan fingerprint density at radius 3 is 2.04 bits per heavy atom. The van der Waals surface area contributed by atoms with Gasteiger partial charge in [0, 0.05) is 59.2 Å². The lowest BCUT2D eigenvalue weighted by molar-refractivity contribution is 0.669. The second-order valence-electron chi connectivity index (χ2n) is 12.9. The first-order valence-electron chi connectivity index (χ1n) is 16.8. The zero-order chi connectivity index (χ0) is 32.8. The van der Waals surface area contributed by atoms with Gasteiger partial charge < -0.3 is 13.7 Å². The van der Waals surface area contributed by atoms with Crippen molar-refractivity contribution in [3.8, 4) is 11.1 Å². The molecule has 0 aliphatic carbocycles. The minimum absolute atomic E-state index is 0.858. The van der Waals surface area contributed by atoms with Gasteiger partial charge in [0.15, 0.2) is 0 Å². The molecule has 0 atom stereocenters. The van der Waals surface area contributed by atoms with Crippen LogP contribution in [0.4, 0.5) is 17.1 Å². The molecule has 11 rings (SSSR count). The number of hydrogen-bond acceptors (Lipinski definition) is 4. The fourth-order valence-electron chi connectivity index (χ4n) is 7.81. The van der Waals surface area contributed by atoms with Gasteiger partial charge in [-0.3, -0.25) is 0 Å². The summed E-state index contributed by atoms with van der Waals surface area (Å²) < 4.78 is 15.7. The van der Waals surface area contributed by atoms with Crippen molar-refractivity contribution in [1.29, 1.82) is 0 Å². The van der Waals surface area contributed by atoms with Crippen molar-refractivity contribution in [3.05, 3.63) is 164 Å². The van der Waals surface area contributed by atoms with E-state index in [1.165, 1.54) is 31.3 Å². The number of furan rings is 2. The van der Waals surface area contributed by atoms with Gasteiger partial charge in [0.1, 0.15) is 22.3 Å². The zero-order valence-corrected chi connectivity index (χ0v) is 27.6. The maximum atomic E-state index is 6.64. The Morgan fingerprint density at radius 1 is 0.420 bits per heavy atom. The number of nitrogens with zero attached hydrogens (tertiary/aromatic N) is 1. The summed E-state index contributed by atoms with van der Waals surface area (Å²) in [6.07, 6.45) is 0. The first-order chi connectivity index (χ1) is 24.8. The highest BCUT2D eigenvalue weighted by Crippen LogP contribution is 2.46. The lowest BCUT2D eigenvalue weighted by atomic mass is 9.99. The van der Waals surface area contributed by atoms with Crippen LogP contribution in [0.5, 0.6) is 0 Å². The second kappa shape index (κ2) is 10.6. The molecule has 0 spiro atoms. The van der Waals surface area contributed by atoms with Crippen LogP contribution in [0.3, 0.4) is 0 Å². The van der Waals surface area contributed by atoms with Crippen LogP contribution in [0.15, 0.2) is 173 Å². The molecule has 234 valence electrons. The molecule has 0 aliphatic heterocycles. The Balaban J connectivity index is 1.14. The number of benzene rings is 8. The average molecular weight is 658 g/mol. The highest BCUT2D eigenvalue weighted by atomic mass is 32.1. The number of para-hydroxylation sites is 1. The predicted molar refractivity (Wildman–Crippen MR) is 212 cm³/mol. The maximum absolute atomic E-state index is 6.64. The van der Waals surface area contributed by atoms with E-state index >= 15 is 0 Å². The van der Waals surface area contributed by atoms with Crippen molar-refractivity contribution in [2.24, 2.45) is 0 Å². The number of fused-ring (bicyclic) bond motifs is 11. The van der Waals surface area contributed by atoms with Crippen LogP contribution >= 0.6 is 11.3 Å². The zero-order valence-electron chi connectivity index (χ0n) is 26.8. The highest BCUT2D eigenvalue weighted by molar-refractivity contribution is 7.25. The van der Waals surface area contributed by atoms with Gasteiger partial charge in [0.25, 0.3) is 0 Å². The Bertz CT molecular complexity index is 3110. The van der Waals surface area contributed by atoms with E-state index in [9.17, 15) is 0 Å². The van der Waals surface area contributed by atoms with Gasteiger partial charge in [0.2, 0.25) is 0 Å². The van der Waals surface area contributed by atoms with Crippen molar-refractivity contribution < 1.29 is 8.83 Å².